The lowest BCUT2D eigenvalue weighted by molar-refractivity contribution is -0.119. The van der Waals surface area contributed by atoms with Crippen molar-refractivity contribution < 1.29 is 13.2 Å². The molecule has 0 amide bonds. The van der Waals surface area contributed by atoms with Gasteiger partial charge < -0.3 is 5.32 Å². The Balaban J connectivity index is 1.81. The molecule has 0 radical (unpaired) electrons. The summed E-state index contributed by atoms with van der Waals surface area (Å²) < 4.78 is 25.8. The van der Waals surface area contributed by atoms with Gasteiger partial charge in [0.05, 0.1) is 12.8 Å². The van der Waals surface area contributed by atoms with Crippen molar-refractivity contribution in [3.05, 3.63) is 22.7 Å². The number of carbonyl (C=O) groups excluding carboxylic acids is 1. The number of ketones is 1. The van der Waals surface area contributed by atoms with E-state index in [1.807, 2.05) is 6.92 Å². The second-order valence-electron chi connectivity index (χ2n) is 8.91. The number of carbonyl (C=O) groups is 1. The Morgan fingerprint density at radius 2 is 2.00 bits per heavy atom. The zero-order valence-corrected chi connectivity index (χ0v) is 16.6. The van der Waals surface area contributed by atoms with Gasteiger partial charge in [-0.2, -0.15) is 9.42 Å². The van der Waals surface area contributed by atoms with E-state index in [0.717, 1.165) is 29.1 Å². The predicted molar refractivity (Wildman–Crippen MR) is 97.6 cm³/mol. The Bertz CT molecular complexity index is 884. The molecule has 1 aliphatic carbocycles. The number of rotatable bonds is 1. The van der Waals surface area contributed by atoms with Crippen molar-refractivity contribution in [2.75, 3.05) is 19.3 Å². The summed E-state index contributed by atoms with van der Waals surface area (Å²) in [5.74, 6) is 0.955. The molecule has 26 heavy (non-hydrogen) atoms. The summed E-state index contributed by atoms with van der Waals surface area (Å²) in [7, 11) is -3.26. The van der Waals surface area contributed by atoms with Gasteiger partial charge in [0.2, 0.25) is 10.0 Å². The number of Topliss-reactive ketones (excluding diaryl/α,β-unsaturated/α-hetero) is 1. The van der Waals surface area contributed by atoms with Crippen molar-refractivity contribution in [3.8, 4) is 0 Å². The molecule has 1 N–H and O–H groups in total. The molecular weight excluding hydrogens is 352 g/mol. The number of piperidine rings is 1. The molecule has 2 atom stereocenters. The molecule has 1 fully saturated rings. The van der Waals surface area contributed by atoms with Crippen molar-refractivity contribution in [1.82, 2.24) is 9.62 Å². The van der Waals surface area contributed by atoms with Crippen LogP contribution in [-0.2, 0) is 14.8 Å². The van der Waals surface area contributed by atoms with Crippen LogP contribution in [0.25, 0.3) is 0 Å². The van der Waals surface area contributed by atoms with Gasteiger partial charge in [0, 0.05) is 41.3 Å². The maximum Gasteiger partial charge on any atom is 0.211 e. The predicted octanol–water partition coefficient (Wildman–Crippen LogP) is 2.34. The third kappa shape index (κ3) is 2.57. The van der Waals surface area contributed by atoms with Crippen LogP contribution in [0.1, 0.15) is 46.5 Å². The van der Waals surface area contributed by atoms with Crippen molar-refractivity contribution in [2.24, 2.45) is 21.1 Å². The van der Waals surface area contributed by atoms with Gasteiger partial charge >= 0.3 is 0 Å². The smallest absolute Gasteiger partial charge is 0.211 e. The average molecular weight is 378 g/mol. The number of allylic oxidation sites excluding steroid dienone is 2. The number of azo groups is 1. The van der Waals surface area contributed by atoms with Gasteiger partial charge in [-0.15, -0.1) is 5.11 Å². The van der Waals surface area contributed by atoms with Gasteiger partial charge in [0.15, 0.2) is 11.6 Å². The van der Waals surface area contributed by atoms with Crippen LogP contribution in [-0.4, -0.2) is 43.9 Å². The standard InChI is InChI=1S/C18H26N4O3S/c1-11-7-18(5-6-22(11)26(4,24)25)12-10-19-21-16(12)20-13-8-17(2,3)9-14(23)15(13)18/h11,20H,5-10H2,1-4H3/t11-,18+/m1/s1. The Labute approximate surface area is 154 Å². The number of hydrogen-bond acceptors (Lipinski definition) is 6. The third-order valence-electron chi connectivity index (χ3n) is 6.21. The number of hydrogen-bond donors (Lipinski definition) is 1. The van der Waals surface area contributed by atoms with E-state index < -0.39 is 15.4 Å². The van der Waals surface area contributed by atoms with Crippen LogP contribution in [0.5, 0.6) is 0 Å². The zero-order chi connectivity index (χ0) is 18.9. The first-order valence-electron chi connectivity index (χ1n) is 9.15. The van der Waals surface area contributed by atoms with Crippen LogP contribution in [0.15, 0.2) is 32.9 Å². The van der Waals surface area contributed by atoms with E-state index >= 15 is 0 Å². The zero-order valence-electron chi connectivity index (χ0n) is 15.8. The third-order valence-corrected chi connectivity index (χ3v) is 7.60. The van der Waals surface area contributed by atoms with Crippen molar-refractivity contribution in [2.45, 2.75) is 52.5 Å². The first-order valence-corrected chi connectivity index (χ1v) is 11.0. The first-order chi connectivity index (χ1) is 12.0. The molecule has 142 valence electrons. The topological polar surface area (TPSA) is 91.2 Å². The lowest BCUT2D eigenvalue weighted by Gasteiger charge is -2.50. The number of dihydropyridines is 1. The number of nitrogens with zero attached hydrogens (tertiary/aromatic N) is 3. The Morgan fingerprint density at radius 3 is 2.65 bits per heavy atom. The summed E-state index contributed by atoms with van der Waals surface area (Å²) in [5.41, 5.74) is 2.36. The van der Waals surface area contributed by atoms with E-state index in [9.17, 15) is 13.2 Å². The maximum absolute atomic E-state index is 13.2. The van der Waals surface area contributed by atoms with Crippen LogP contribution in [0, 0.1) is 10.8 Å². The monoisotopic (exact) mass is 378 g/mol. The molecule has 1 spiro atoms. The molecule has 0 unspecified atom stereocenters. The molecule has 3 aliphatic heterocycles. The molecule has 0 aromatic heterocycles. The molecule has 0 aromatic carbocycles. The number of fused-ring (bicyclic) bond motifs is 2. The lowest BCUT2D eigenvalue weighted by atomic mass is 9.59. The molecule has 0 saturated carbocycles. The van der Waals surface area contributed by atoms with Gasteiger partial charge in [-0.1, -0.05) is 13.8 Å². The summed E-state index contributed by atoms with van der Waals surface area (Å²) in [6.45, 7) is 7.06. The van der Waals surface area contributed by atoms with Crippen molar-refractivity contribution in [1.29, 1.82) is 0 Å². The summed E-state index contributed by atoms with van der Waals surface area (Å²) in [6, 6.07) is -0.164. The van der Waals surface area contributed by atoms with Crippen molar-refractivity contribution in [3.63, 3.8) is 0 Å². The van der Waals surface area contributed by atoms with Crippen LogP contribution in [0.3, 0.4) is 0 Å². The quantitative estimate of drug-likeness (QED) is 0.758. The molecule has 0 aromatic rings. The highest BCUT2D eigenvalue weighted by Crippen LogP contribution is 2.56. The van der Waals surface area contributed by atoms with Crippen LogP contribution in [0.4, 0.5) is 0 Å². The fourth-order valence-corrected chi connectivity index (χ4v) is 6.44. The summed E-state index contributed by atoms with van der Waals surface area (Å²) >= 11 is 0. The molecule has 4 aliphatic rings. The van der Waals surface area contributed by atoms with E-state index in [-0.39, 0.29) is 17.2 Å². The molecule has 8 heteroatoms. The molecule has 3 heterocycles. The Morgan fingerprint density at radius 1 is 1.27 bits per heavy atom. The number of sulfonamides is 1. The highest BCUT2D eigenvalue weighted by Gasteiger charge is 2.54. The fourth-order valence-electron chi connectivity index (χ4n) is 5.29. The largest absolute Gasteiger partial charge is 0.342 e. The summed E-state index contributed by atoms with van der Waals surface area (Å²) in [6.07, 6.45) is 3.80. The Kier molecular flexibility index (Phi) is 3.76. The first kappa shape index (κ1) is 17.9. The van der Waals surface area contributed by atoms with Crippen LogP contribution in [0.2, 0.25) is 0 Å². The van der Waals surface area contributed by atoms with E-state index in [1.165, 1.54) is 6.26 Å². The molecule has 1 saturated heterocycles. The minimum atomic E-state index is -3.26. The average Bonchev–Trinajstić information content (AvgIpc) is 2.92. The molecule has 7 nitrogen and oxygen atoms in total. The molecule has 0 bridgehead atoms. The van der Waals surface area contributed by atoms with Crippen molar-refractivity contribution >= 4 is 15.8 Å². The highest BCUT2D eigenvalue weighted by molar-refractivity contribution is 7.88. The van der Waals surface area contributed by atoms with E-state index in [0.29, 0.717) is 32.4 Å². The van der Waals surface area contributed by atoms with Gasteiger partial charge in [-0.05, 0) is 31.6 Å². The minimum Gasteiger partial charge on any atom is -0.342 e. The van der Waals surface area contributed by atoms with E-state index in [2.05, 4.69) is 29.4 Å². The summed E-state index contributed by atoms with van der Waals surface area (Å²) in [4.78, 5) is 13.2. The second kappa shape index (κ2) is 5.48. The summed E-state index contributed by atoms with van der Waals surface area (Å²) in [5, 5.41) is 11.9. The van der Waals surface area contributed by atoms with E-state index in [4.69, 9.17) is 0 Å². The van der Waals surface area contributed by atoms with Gasteiger partial charge in [-0.3, -0.25) is 4.79 Å². The van der Waals surface area contributed by atoms with Gasteiger partial charge in [0.1, 0.15) is 0 Å². The number of nitrogens with one attached hydrogen (secondary N) is 1. The van der Waals surface area contributed by atoms with Crippen LogP contribution >= 0.6 is 0 Å². The maximum atomic E-state index is 13.2. The van der Waals surface area contributed by atoms with Crippen LogP contribution < -0.4 is 5.32 Å². The molecular formula is C18H26N4O3S. The normalized spacial score (nSPS) is 34.2. The lowest BCUT2D eigenvalue weighted by Crippen LogP contribution is -2.53. The highest BCUT2D eigenvalue weighted by atomic mass is 32.2. The van der Waals surface area contributed by atoms with Gasteiger partial charge in [0.25, 0.3) is 0 Å². The minimum absolute atomic E-state index is 0.0863. The Hall–Kier alpha value is -1.54. The fraction of sp³-hybridized carbons (Fsp3) is 0.722. The second-order valence-corrected chi connectivity index (χ2v) is 10.8. The van der Waals surface area contributed by atoms with E-state index in [1.54, 1.807) is 4.31 Å². The SMILES string of the molecule is C[C@@H]1C[C@@]2(CCN1S(C)(=O)=O)C1=C(N=NC1)NC1=C2C(=O)CC(C)(C)C1. The molecule has 4 rings (SSSR count). The van der Waals surface area contributed by atoms with Gasteiger partial charge in [-0.25, -0.2) is 8.42 Å².